The second-order valence-electron chi connectivity index (χ2n) is 15.4. The van der Waals surface area contributed by atoms with Crippen molar-refractivity contribution < 1.29 is 30.8 Å². The highest BCUT2D eigenvalue weighted by Gasteiger charge is 2.31. The maximum atomic E-state index is 13.0. The molecule has 0 aliphatic rings. The van der Waals surface area contributed by atoms with E-state index in [1.807, 2.05) is 143 Å². The van der Waals surface area contributed by atoms with Gasteiger partial charge in [-0.3, -0.25) is 0 Å². The molecule has 0 unspecified atom stereocenters. The molecule has 10 aromatic rings. The zero-order valence-corrected chi connectivity index (χ0v) is 35.5. The number of aryl methyl sites for hydroxylation is 5. The first kappa shape index (κ1) is 42.0. The van der Waals surface area contributed by atoms with Gasteiger partial charge in [0.25, 0.3) is 0 Å². The molecule has 65 heavy (non-hydrogen) atoms. The average Bonchev–Trinajstić information content (AvgIpc) is 4.16. The topological polar surface area (TPSA) is 156 Å². The van der Waals surface area contributed by atoms with Crippen LogP contribution in [0.4, 0.5) is 13.2 Å². The Balaban J connectivity index is 0.000000189. The molecule has 322 valence electrons. The van der Waals surface area contributed by atoms with Crippen LogP contribution in [0.25, 0.3) is 91.6 Å². The fraction of sp³-hybridized carbons (Fsp3) is 0.120. The van der Waals surface area contributed by atoms with Crippen molar-refractivity contribution in [2.45, 2.75) is 40.8 Å². The van der Waals surface area contributed by atoms with Gasteiger partial charge in [-0.15, -0.1) is 40.8 Å². The number of hydrogen-bond donors (Lipinski definition) is 0. The summed E-state index contributed by atoms with van der Waals surface area (Å²) in [6.45, 7) is 9.49. The van der Waals surface area contributed by atoms with Gasteiger partial charge in [0.05, 0.1) is 5.56 Å². The number of hydrogen-bond acceptors (Lipinski definition) is 12. The van der Waals surface area contributed by atoms with Crippen molar-refractivity contribution in [3.8, 4) is 91.6 Å². The van der Waals surface area contributed by atoms with Gasteiger partial charge in [0.1, 0.15) is 0 Å². The molecule has 6 aromatic carbocycles. The van der Waals surface area contributed by atoms with Crippen LogP contribution < -0.4 is 0 Å². The van der Waals surface area contributed by atoms with Crippen LogP contribution in [0, 0.1) is 34.6 Å². The summed E-state index contributed by atoms with van der Waals surface area (Å²) in [6, 6.07) is 40.4. The Morgan fingerprint density at radius 3 is 1.05 bits per heavy atom. The minimum atomic E-state index is -4.42. The number of alkyl halides is 3. The van der Waals surface area contributed by atoms with Gasteiger partial charge >= 0.3 is 6.18 Å². The summed E-state index contributed by atoms with van der Waals surface area (Å²) >= 11 is 0. The predicted molar refractivity (Wildman–Crippen MR) is 236 cm³/mol. The zero-order valence-electron chi connectivity index (χ0n) is 35.5. The third-order valence-electron chi connectivity index (χ3n) is 10.3. The van der Waals surface area contributed by atoms with E-state index >= 15 is 0 Å². The normalized spacial score (nSPS) is 11.4. The quantitative estimate of drug-likeness (QED) is 0.143. The number of benzene rings is 6. The highest BCUT2D eigenvalue weighted by atomic mass is 19.4. The van der Waals surface area contributed by atoms with Crippen LogP contribution in [0.1, 0.15) is 33.4 Å². The monoisotopic (exact) mass is 870 g/mol. The van der Waals surface area contributed by atoms with E-state index in [1.54, 1.807) is 13.0 Å². The van der Waals surface area contributed by atoms with Crippen molar-refractivity contribution in [1.29, 1.82) is 0 Å². The van der Waals surface area contributed by atoms with E-state index in [0.717, 1.165) is 56.6 Å². The van der Waals surface area contributed by atoms with Crippen molar-refractivity contribution in [2.24, 2.45) is 0 Å². The predicted octanol–water partition coefficient (Wildman–Crippen LogP) is 12.8. The van der Waals surface area contributed by atoms with Gasteiger partial charge in [-0.1, -0.05) is 71.8 Å². The summed E-state index contributed by atoms with van der Waals surface area (Å²) < 4.78 is 62.8. The molecule has 0 saturated heterocycles. The average molecular weight is 871 g/mol. The molecule has 0 spiro atoms. The number of aromatic nitrogens is 8. The van der Waals surface area contributed by atoms with Crippen molar-refractivity contribution in [3.05, 3.63) is 167 Å². The molecule has 12 nitrogen and oxygen atoms in total. The lowest BCUT2D eigenvalue weighted by molar-refractivity contribution is -0.137. The van der Waals surface area contributed by atoms with Crippen LogP contribution in [0.3, 0.4) is 0 Å². The lowest BCUT2D eigenvalue weighted by Gasteiger charge is -2.08. The van der Waals surface area contributed by atoms with Crippen LogP contribution in [0.15, 0.2) is 151 Å². The van der Waals surface area contributed by atoms with Crippen molar-refractivity contribution in [2.75, 3.05) is 0 Å². The molecule has 10 rings (SSSR count). The molecule has 0 aliphatic heterocycles. The van der Waals surface area contributed by atoms with Gasteiger partial charge in [0.2, 0.25) is 47.1 Å². The Kier molecular flexibility index (Phi) is 11.3. The molecular weight excluding hydrogens is 834 g/mol. The first-order valence-corrected chi connectivity index (χ1v) is 20.3. The summed E-state index contributed by atoms with van der Waals surface area (Å²) in [5, 5.41) is 33.7. The highest BCUT2D eigenvalue weighted by molar-refractivity contribution is 5.75. The fourth-order valence-electron chi connectivity index (χ4n) is 6.97. The molecule has 0 N–H and O–H groups in total. The zero-order chi connectivity index (χ0) is 45.2. The maximum absolute atomic E-state index is 13.0. The van der Waals surface area contributed by atoms with Gasteiger partial charge in [-0.25, -0.2) is 0 Å². The smallest absolute Gasteiger partial charge is 0.416 e. The van der Waals surface area contributed by atoms with Gasteiger partial charge in [-0.2, -0.15) is 13.2 Å². The molecule has 0 radical (unpaired) electrons. The summed E-state index contributed by atoms with van der Waals surface area (Å²) in [5.74, 6) is 2.59. The van der Waals surface area contributed by atoms with E-state index in [1.165, 1.54) is 0 Å². The second-order valence-corrected chi connectivity index (χ2v) is 15.4. The van der Waals surface area contributed by atoms with Crippen LogP contribution >= 0.6 is 0 Å². The van der Waals surface area contributed by atoms with E-state index in [-0.39, 0.29) is 11.5 Å². The van der Waals surface area contributed by atoms with Crippen molar-refractivity contribution >= 4 is 0 Å². The molecule has 0 saturated carbocycles. The third kappa shape index (κ3) is 9.25. The maximum Gasteiger partial charge on any atom is 0.416 e. The standard InChI is InChI=1S/C32H22N6O3.C18H15F3N2O/c1-19-13-14-20(2)26(15-19)32-38-37-31(41-32)25-17-23(29-35-33-27(39-29)21-9-5-3-6-10-21)16-24(18-25)30-36-34-28(40-30)22-11-7-4-8-12-22;1-10-4-5-12(3)15(8-10)17-23-22-16(24-17)13-6-11(2)7-14(9-13)18(19,20)21/h3-18H,1-2H3;4-9H,1-3H3. The summed E-state index contributed by atoms with van der Waals surface area (Å²) in [5.41, 5.74) is 9.35. The Morgan fingerprint density at radius 2 is 0.662 bits per heavy atom. The number of rotatable bonds is 8. The van der Waals surface area contributed by atoms with E-state index in [9.17, 15) is 13.2 Å². The van der Waals surface area contributed by atoms with Crippen LogP contribution in [-0.4, -0.2) is 40.8 Å². The molecule has 0 amide bonds. The molecule has 0 fully saturated rings. The first-order valence-electron chi connectivity index (χ1n) is 20.3. The van der Waals surface area contributed by atoms with E-state index in [2.05, 4.69) is 40.8 Å². The molecule has 4 heterocycles. The Bertz CT molecular complexity index is 3190. The summed E-state index contributed by atoms with van der Waals surface area (Å²) in [4.78, 5) is 0. The Labute approximate surface area is 369 Å². The lowest BCUT2D eigenvalue weighted by Crippen LogP contribution is -2.05. The minimum absolute atomic E-state index is 0.0695. The largest absolute Gasteiger partial charge is 0.416 e. The van der Waals surface area contributed by atoms with E-state index < -0.39 is 11.7 Å². The molecule has 0 aliphatic carbocycles. The first-order chi connectivity index (χ1) is 31.3. The number of halogens is 3. The Morgan fingerprint density at radius 1 is 0.323 bits per heavy atom. The van der Waals surface area contributed by atoms with Crippen LogP contribution in [0.2, 0.25) is 0 Å². The van der Waals surface area contributed by atoms with Gasteiger partial charge < -0.3 is 17.7 Å². The van der Waals surface area contributed by atoms with Gasteiger partial charge in [0.15, 0.2) is 0 Å². The lowest BCUT2D eigenvalue weighted by atomic mass is 10.0. The number of nitrogens with zero attached hydrogens (tertiary/aromatic N) is 8. The van der Waals surface area contributed by atoms with E-state index in [4.69, 9.17) is 17.7 Å². The molecular formula is C50H37F3N8O4. The second kappa shape index (κ2) is 17.4. The highest BCUT2D eigenvalue weighted by Crippen LogP contribution is 2.37. The fourth-order valence-corrected chi connectivity index (χ4v) is 6.97. The molecule has 15 heteroatoms. The molecule has 0 bridgehead atoms. The molecule has 0 atom stereocenters. The van der Waals surface area contributed by atoms with Crippen molar-refractivity contribution in [1.82, 2.24) is 40.8 Å². The third-order valence-corrected chi connectivity index (χ3v) is 10.3. The van der Waals surface area contributed by atoms with Crippen LogP contribution in [0.5, 0.6) is 0 Å². The van der Waals surface area contributed by atoms with Crippen molar-refractivity contribution in [3.63, 3.8) is 0 Å². The molecule has 4 aromatic heterocycles. The van der Waals surface area contributed by atoms with Gasteiger partial charge in [0, 0.05) is 44.5 Å². The van der Waals surface area contributed by atoms with Crippen LogP contribution in [-0.2, 0) is 6.18 Å². The minimum Gasteiger partial charge on any atom is -0.416 e. The van der Waals surface area contributed by atoms with Gasteiger partial charge in [-0.05, 0) is 124 Å². The van der Waals surface area contributed by atoms with E-state index in [0.29, 0.717) is 63.5 Å². The Hall–Kier alpha value is -8.33. The summed E-state index contributed by atoms with van der Waals surface area (Å²) in [6.07, 6.45) is -4.42. The summed E-state index contributed by atoms with van der Waals surface area (Å²) in [7, 11) is 0. The SMILES string of the molecule is Cc1cc(-c2nnc(-c3cc(C)ccc3C)o2)cc(C(F)(F)F)c1.Cc1ccc(C)c(-c2nnc(-c3cc(-c4nnc(-c5ccccc5)o4)cc(-c4nnc(-c5ccccc5)o4)c3)o2)c1.